The lowest BCUT2D eigenvalue weighted by atomic mass is 9.91. The molecular weight excluding hydrogens is 523 g/mol. The predicted octanol–water partition coefficient (Wildman–Crippen LogP) is 2.54. The van der Waals surface area contributed by atoms with Crippen LogP contribution in [0, 0.1) is 17.7 Å². The van der Waals surface area contributed by atoms with E-state index in [0.29, 0.717) is 40.7 Å². The number of nitrogens with one attached hydrogen (secondary N) is 4. The first-order valence-corrected chi connectivity index (χ1v) is 12.5. The van der Waals surface area contributed by atoms with Crippen molar-refractivity contribution in [2.24, 2.45) is 11.8 Å². The van der Waals surface area contributed by atoms with Crippen molar-refractivity contribution in [2.75, 3.05) is 13.7 Å². The predicted molar refractivity (Wildman–Crippen MR) is 129 cm³/mol. The fourth-order valence-electron chi connectivity index (χ4n) is 4.42. The molecule has 9 nitrogen and oxygen atoms in total. The summed E-state index contributed by atoms with van der Waals surface area (Å²) in [5.74, 6) is -2.37. The minimum atomic E-state index is -1.01. The number of benzene rings is 1. The third-order valence-corrected chi connectivity index (χ3v) is 7.12. The zero-order chi connectivity index (χ0) is 25.1. The molecule has 1 aliphatic heterocycles. The Kier molecular flexibility index (Phi) is 7.73. The Bertz CT molecular complexity index is 1150. The first-order valence-electron chi connectivity index (χ1n) is 11.7. The highest BCUT2D eigenvalue weighted by atomic mass is 79.9. The number of aromatic amines is 1. The summed E-state index contributed by atoms with van der Waals surface area (Å²) in [5.41, 5.74) is 0.750. The van der Waals surface area contributed by atoms with Crippen LogP contribution in [0.4, 0.5) is 4.39 Å². The number of halogens is 2. The SMILES string of the molecule is COC(=O)C(CC1CCCNC1=O)NC(=O)C(CC1CC1)NC(=O)c1cc2cc(F)cc(Br)c2[nH]1. The number of fused-ring (bicyclic) bond motifs is 1. The number of amides is 3. The van der Waals surface area contributed by atoms with Crippen LogP contribution >= 0.6 is 15.9 Å². The van der Waals surface area contributed by atoms with Crippen LogP contribution in [0.2, 0.25) is 0 Å². The molecule has 1 saturated heterocycles. The number of ether oxygens (including phenoxy) is 1. The number of hydrogen-bond acceptors (Lipinski definition) is 5. The molecule has 0 spiro atoms. The van der Waals surface area contributed by atoms with E-state index >= 15 is 0 Å². The number of carbonyl (C=O) groups is 4. The van der Waals surface area contributed by atoms with Gasteiger partial charge in [-0.15, -0.1) is 0 Å². The fraction of sp³-hybridized carbons (Fsp3) is 0.500. The van der Waals surface area contributed by atoms with E-state index in [2.05, 4.69) is 36.9 Å². The summed E-state index contributed by atoms with van der Waals surface area (Å²) >= 11 is 3.28. The van der Waals surface area contributed by atoms with Gasteiger partial charge in [0.05, 0.1) is 12.6 Å². The number of carbonyl (C=O) groups excluding carboxylic acids is 4. The number of esters is 1. The van der Waals surface area contributed by atoms with Gasteiger partial charge in [0.1, 0.15) is 23.6 Å². The number of rotatable bonds is 9. The van der Waals surface area contributed by atoms with Crippen molar-refractivity contribution < 1.29 is 28.3 Å². The first kappa shape index (κ1) is 25.2. The summed E-state index contributed by atoms with van der Waals surface area (Å²) in [6.45, 7) is 0.594. The molecule has 3 atom stereocenters. The highest BCUT2D eigenvalue weighted by molar-refractivity contribution is 9.10. The van der Waals surface area contributed by atoms with E-state index in [4.69, 9.17) is 4.74 Å². The Hall–Kier alpha value is -2.95. The third-order valence-electron chi connectivity index (χ3n) is 6.50. The maximum atomic E-state index is 13.7. The maximum absolute atomic E-state index is 13.7. The maximum Gasteiger partial charge on any atom is 0.328 e. The van der Waals surface area contributed by atoms with Gasteiger partial charge in [0, 0.05) is 22.3 Å². The molecule has 188 valence electrons. The van der Waals surface area contributed by atoms with Gasteiger partial charge >= 0.3 is 5.97 Å². The molecular formula is C24H28BrFN4O5. The van der Waals surface area contributed by atoms with E-state index in [0.717, 1.165) is 19.3 Å². The van der Waals surface area contributed by atoms with Crippen LogP contribution in [0.5, 0.6) is 0 Å². The third kappa shape index (κ3) is 6.19. The molecule has 3 unspecified atom stereocenters. The van der Waals surface area contributed by atoms with Crippen molar-refractivity contribution in [3.63, 3.8) is 0 Å². The van der Waals surface area contributed by atoms with Gasteiger partial charge in [-0.05, 0) is 65.7 Å². The van der Waals surface area contributed by atoms with Crippen molar-refractivity contribution in [1.82, 2.24) is 20.9 Å². The molecule has 2 aromatic rings. The lowest BCUT2D eigenvalue weighted by molar-refractivity contribution is -0.146. The summed E-state index contributed by atoms with van der Waals surface area (Å²) < 4.78 is 19.1. The summed E-state index contributed by atoms with van der Waals surface area (Å²) in [6, 6.07) is 2.23. The van der Waals surface area contributed by atoms with Gasteiger partial charge < -0.3 is 25.7 Å². The van der Waals surface area contributed by atoms with Gasteiger partial charge in [0.15, 0.2) is 0 Å². The molecule has 0 bridgehead atoms. The average Bonchev–Trinajstić information content (AvgIpc) is 3.54. The van der Waals surface area contributed by atoms with E-state index in [9.17, 15) is 23.6 Å². The van der Waals surface area contributed by atoms with E-state index in [1.807, 2.05) is 0 Å². The molecule has 0 radical (unpaired) electrons. The molecule has 4 rings (SSSR count). The minimum absolute atomic E-state index is 0.121. The Morgan fingerprint density at radius 1 is 1.14 bits per heavy atom. The van der Waals surface area contributed by atoms with Crippen LogP contribution in [-0.2, 0) is 19.1 Å². The van der Waals surface area contributed by atoms with Gasteiger partial charge in [0.25, 0.3) is 5.91 Å². The molecule has 11 heteroatoms. The number of piperidine rings is 1. The lowest BCUT2D eigenvalue weighted by Crippen LogP contribution is -2.53. The molecule has 3 amide bonds. The highest BCUT2D eigenvalue weighted by Crippen LogP contribution is 2.34. The second kappa shape index (κ2) is 10.8. The van der Waals surface area contributed by atoms with Crippen molar-refractivity contribution in [3.05, 3.63) is 34.2 Å². The average molecular weight is 551 g/mol. The highest BCUT2D eigenvalue weighted by Gasteiger charge is 2.35. The van der Waals surface area contributed by atoms with Gasteiger partial charge in [-0.25, -0.2) is 9.18 Å². The molecule has 2 heterocycles. The fourth-order valence-corrected chi connectivity index (χ4v) is 4.96. The Labute approximate surface area is 210 Å². The van der Waals surface area contributed by atoms with Crippen molar-refractivity contribution in [3.8, 4) is 0 Å². The molecule has 1 aromatic heterocycles. The topological polar surface area (TPSA) is 129 Å². The van der Waals surface area contributed by atoms with Crippen LogP contribution in [0.1, 0.15) is 49.0 Å². The molecule has 1 aromatic carbocycles. The number of hydrogen-bond donors (Lipinski definition) is 4. The van der Waals surface area contributed by atoms with E-state index in [-0.39, 0.29) is 18.0 Å². The second-order valence-electron chi connectivity index (χ2n) is 9.19. The normalized spacial score (nSPS) is 19.5. The molecule has 1 aliphatic carbocycles. The standard InChI is InChI=1S/C24H28BrFN4O5/c1-35-24(34)19(9-13-3-2-6-27-21(13)31)30-22(32)17(7-12-4-5-12)29-23(33)18-10-14-8-15(26)11-16(25)20(14)28-18/h8,10-13,17,19,28H,2-7,9H2,1H3,(H,27,31)(H,29,33)(H,30,32). The Balaban J connectivity index is 1.48. The second-order valence-corrected chi connectivity index (χ2v) is 10.0. The first-order chi connectivity index (χ1) is 16.7. The van der Waals surface area contributed by atoms with Gasteiger partial charge in [-0.2, -0.15) is 0 Å². The monoisotopic (exact) mass is 550 g/mol. The molecule has 4 N–H and O–H groups in total. The van der Waals surface area contributed by atoms with Crippen LogP contribution in [-0.4, -0.2) is 54.4 Å². The molecule has 1 saturated carbocycles. The zero-order valence-corrected chi connectivity index (χ0v) is 20.9. The van der Waals surface area contributed by atoms with Crippen molar-refractivity contribution >= 4 is 50.5 Å². The molecule has 2 fully saturated rings. The number of methoxy groups -OCH3 is 1. The van der Waals surface area contributed by atoms with Crippen molar-refractivity contribution in [1.29, 1.82) is 0 Å². The summed E-state index contributed by atoms with van der Waals surface area (Å²) in [6.07, 6.45) is 3.88. The van der Waals surface area contributed by atoms with E-state index in [1.54, 1.807) is 0 Å². The largest absolute Gasteiger partial charge is 0.467 e. The Morgan fingerprint density at radius 2 is 1.91 bits per heavy atom. The summed E-state index contributed by atoms with van der Waals surface area (Å²) in [5, 5.41) is 8.74. The van der Waals surface area contributed by atoms with Crippen molar-refractivity contribution in [2.45, 2.75) is 50.6 Å². The van der Waals surface area contributed by atoms with Gasteiger partial charge in [-0.1, -0.05) is 12.8 Å². The summed E-state index contributed by atoms with van der Waals surface area (Å²) in [4.78, 5) is 53.7. The minimum Gasteiger partial charge on any atom is -0.467 e. The number of H-pyrrole nitrogens is 1. The summed E-state index contributed by atoms with van der Waals surface area (Å²) in [7, 11) is 1.22. The number of aromatic nitrogens is 1. The van der Waals surface area contributed by atoms with Gasteiger partial charge in [-0.3, -0.25) is 14.4 Å². The zero-order valence-electron chi connectivity index (χ0n) is 19.3. The van der Waals surface area contributed by atoms with Gasteiger partial charge in [0.2, 0.25) is 11.8 Å². The Morgan fingerprint density at radius 3 is 2.60 bits per heavy atom. The van der Waals surface area contributed by atoms with E-state index < -0.39 is 41.6 Å². The van der Waals surface area contributed by atoms with Crippen LogP contribution in [0.15, 0.2) is 22.7 Å². The quantitative estimate of drug-likeness (QED) is 0.356. The molecule has 35 heavy (non-hydrogen) atoms. The molecule has 2 aliphatic rings. The van der Waals surface area contributed by atoms with Crippen LogP contribution < -0.4 is 16.0 Å². The van der Waals surface area contributed by atoms with Crippen LogP contribution in [0.25, 0.3) is 10.9 Å². The van der Waals surface area contributed by atoms with Crippen LogP contribution in [0.3, 0.4) is 0 Å². The lowest BCUT2D eigenvalue weighted by Gasteiger charge is -2.27. The smallest absolute Gasteiger partial charge is 0.328 e. The van der Waals surface area contributed by atoms with E-state index in [1.165, 1.54) is 25.3 Å².